The summed E-state index contributed by atoms with van der Waals surface area (Å²) in [6, 6.07) is 10.3. The van der Waals surface area contributed by atoms with Crippen molar-refractivity contribution in [1.29, 1.82) is 0 Å². The molecule has 0 radical (unpaired) electrons. The Morgan fingerprint density at radius 3 is 2.23 bits per heavy atom. The second-order valence-corrected chi connectivity index (χ2v) is 3.88. The van der Waals surface area contributed by atoms with Crippen molar-refractivity contribution in [2.45, 2.75) is 20.3 Å². The van der Waals surface area contributed by atoms with Crippen molar-refractivity contribution in [3.8, 4) is 0 Å². The molecule has 0 heterocycles. The first-order chi connectivity index (χ1) is 6.24. The van der Waals surface area contributed by atoms with Crippen molar-refractivity contribution >= 4 is 0 Å². The summed E-state index contributed by atoms with van der Waals surface area (Å²) in [7, 11) is 0. The lowest BCUT2D eigenvalue weighted by Gasteiger charge is -2.17. The lowest BCUT2D eigenvalue weighted by atomic mass is 9.90. The Bertz CT molecular complexity index is 228. The van der Waals surface area contributed by atoms with E-state index in [0.717, 1.165) is 6.42 Å². The number of benzene rings is 1. The van der Waals surface area contributed by atoms with E-state index in [1.165, 1.54) is 5.56 Å². The lowest BCUT2D eigenvalue weighted by Crippen LogP contribution is -2.16. The largest absolute Gasteiger partial charge is 0.396 e. The van der Waals surface area contributed by atoms with Crippen LogP contribution in [0.2, 0.25) is 0 Å². The van der Waals surface area contributed by atoms with Gasteiger partial charge in [0, 0.05) is 6.61 Å². The molecule has 13 heavy (non-hydrogen) atoms. The minimum atomic E-state index is 0.284. The maximum atomic E-state index is 9.16. The first kappa shape index (κ1) is 10.3. The lowest BCUT2D eigenvalue weighted by molar-refractivity contribution is 0.189. The highest BCUT2D eigenvalue weighted by Gasteiger charge is 2.12. The van der Waals surface area contributed by atoms with Crippen LogP contribution in [0.1, 0.15) is 19.4 Å². The molecular formula is C12H18O. The van der Waals surface area contributed by atoms with Crippen molar-refractivity contribution in [1.82, 2.24) is 0 Å². The van der Waals surface area contributed by atoms with Gasteiger partial charge in [-0.2, -0.15) is 0 Å². The first-order valence-electron chi connectivity index (χ1n) is 4.88. The third-order valence-electron chi connectivity index (χ3n) is 2.52. The van der Waals surface area contributed by atoms with Gasteiger partial charge in [0.2, 0.25) is 0 Å². The average Bonchev–Trinajstić information content (AvgIpc) is 2.15. The molecule has 1 rings (SSSR count). The van der Waals surface area contributed by atoms with Gasteiger partial charge in [0.15, 0.2) is 0 Å². The number of aliphatic hydroxyl groups is 1. The van der Waals surface area contributed by atoms with Gasteiger partial charge >= 0.3 is 0 Å². The highest BCUT2D eigenvalue weighted by molar-refractivity contribution is 5.15. The van der Waals surface area contributed by atoms with E-state index in [0.29, 0.717) is 11.8 Å². The SMILES string of the molecule is CC(C)[C@H](CO)Cc1ccccc1. The zero-order chi connectivity index (χ0) is 9.68. The fourth-order valence-electron chi connectivity index (χ4n) is 1.43. The van der Waals surface area contributed by atoms with Gasteiger partial charge in [-0.1, -0.05) is 44.2 Å². The van der Waals surface area contributed by atoms with Gasteiger partial charge in [0.05, 0.1) is 0 Å². The number of aliphatic hydroxyl groups excluding tert-OH is 1. The minimum absolute atomic E-state index is 0.284. The second kappa shape index (κ2) is 5.03. The molecule has 0 saturated heterocycles. The van der Waals surface area contributed by atoms with Gasteiger partial charge in [-0.15, -0.1) is 0 Å². The molecule has 1 nitrogen and oxygen atoms in total. The molecule has 0 bridgehead atoms. The Labute approximate surface area is 80.4 Å². The topological polar surface area (TPSA) is 20.2 Å². The Morgan fingerprint density at radius 2 is 1.77 bits per heavy atom. The van der Waals surface area contributed by atoms with E-state index >= 15 is 0 Å². The first-order valence-corrected chi connectivity index (χ1v) is 4.88. The predicted molar refractivity (Wildman–Crippen MR) is 55.6 cm³/mol. The van der Waals surface area contributed by atoms with Crippen molar-refractivity contribution < 1.29 is 5.11 Å². The Kier molecular flexibility index (Phi) is 3.97. The van der Waals surface area contributed by atoms with Gasteiger partial charge in [-0.25, -0.2) is 0 Å². The molecule has 0 aliphatic carbocycles. The van der Waals surface area contributed by atoms with E-state index in [2.05, 4.69) is 26.0 Å². The maximum absolute atomic E-state index is 9.16. The van der Waals surface area contributed by atoms with Crippen LogP contribution in [-0.4, -0.2) is 11.7 Å². The third kappa shape index (κ3) is 3.19. The van der Waals surface area contributed by atoms with Crippen molar-refractivity contribution in [2.24, 2.45) is 11.8 Å². The zero-order valence-electron chi connectivity index (χ0n) is 8.40. The van der Waals surface area contributed by atoms with Crippen LogP contribution >= 0.6 is 0 Å². The normalized spacial score (nSPS) is 13.2. The molecule has 1 aromatic rings. The molecule has 72 valence electrons. The van der Waals surface area contributed by atoms with Crippen LogP contribution in [0.4, 0.5) is 0 Å². The van der Waals surface area contributed by atoms with Crippen LogP contribution in [0.3, 0.4) is 0 Å². The van der Waals surface area contributed by atoms with E-state index in [9.17, 15) is 0 Å². The Morgan fingerprint density at radius 1 is 1.15 bits per heavy atom. The molecule has 0 aromatic heterocycles. The molecule has 0 spiro atoms. The summed E-state index contributed by atoms with van der Waals surface area (Å²) >= 11 is 0. The molecule has 0 unspecified atom stereocenters. The molecule has 0 aliphatic rings. The summed E-state index contributed by atoms with van der Waals surface area (Å²) in [5.74, 6) is 0.938. The Balaban J connectivity index is 2.57. The highest BCUT2D eigenvalue weighted by atomic mass is 16.3. The van der Waals surface area contributed by atoms with Crippen molar-refractivity contribution in [3.63, 3.8) is 0 Å². The van der Waals surface area contributed by atoms with Crippen LogP contribution in [0.15, 0.2) is 30.3 Å². The summed E-state index contributed by atoms with van der Waals surface area (Å²) in [6.07, 6.45) is 0.981. The molecule has 1 aromatic carbocycles. The molecule has 0 saturated carbocycles. The number of hydrogen-bond donors (Lipinski definition) is 1. The Hall–Kier alpha value is -0.820. The summed E-state index contributed by atoms with van der Waals surface area (Å²) < 4.78 is 0. The van der Waals surface area contributed by atoms with Gasteiger partial charge in [-0.05, 0) is 23.8 Å². The monoisotopic (exact) mass is 178 g/mol. The van der Waals surface area contributed by atoms with E-state index in [-0.39, 0.29) is 6.61 Å². The average molecular weight is 178 g/mol. The van der Waals surface area contributed by atoms with Crippen molar-refractivity contribution in [2.75, 3.05) is 6.61 Å². The van der Waals surface area contributed by atoms with Gasteiger partial charge < -0.3 is 5.11 Å². The summed E-state index contributed by atoms with van der Waals surface area (Å²) in [5, 5.41) is 9.16. The molecule has 1 N–H and O–H groups in total. The van der Waals surface area contributed by atoms with Crippen LogP contribution in [0.5, 0.6) is 0 Å². The summed E-state index contributed by atoms with van der Waals surface area (Å²) in [4.78, 5) is 0. The zero-order valence-corrected chi connectivity index (χ0v) is 8.40. The summed E-state index contributed by atoms with van der Waals surface area (Å²) in [5.41, 5.74) is 1.32. The van der Waals surface area contributed by atoms with Gasteiger partial charge in [-0.3, -0.25) is 0 Å². The van der Waals surface area contributed by atoms with E-state index < -0.39 is 0 Å². The van der Waals surface area contributed by atoms with Crippen LogP contribution in [0, 0.1) is 11.8 Å². The molecule has 0 aliphatic heterocycles. The quantitative estimate of drug-likeness (QED) is 0.751. The van der Waals surface area contributed by atoms with Crippen LogP contribution in [0.25, 0.3) is 0 Å². The second-order valence-electron chi connectivity index (χ2n) is 3.88. The maximum Gasteiger partial charge on any atom is 0.0464 e. The van der Waals surface area contributed by atoms with Gasteiger partial charge in [0.1, 0.15) is 0 Å². The standard InChI is InChI=1S/C12H18O/c1-10(2)12(9-13)8-11-6-4-3-5-7-11/h3-7,10,12-13H,8-9H2,1-2H3/t12-/m0/s1. The predicted octanol–water partition coefficient (Wildman–Crippen LogP) is 2.49. The van der Waals surface area contributed by atoms with Crippen LogP contribution in [-0.2, 0) is 6.42 Å². The molecule has 1 heteroatoms. The van der Waals surface area contributed by atoms with E-state index in [1.54, 1.807) is 0 Å². The smallest absolute Gasteiger partial charge is 0.0464 e. The fraction of sp³-hybridized carbons (Fsp3) is 0.500. The van der Waals surface area contributed by atoms with E-state index in [1.807, 2.05) is 18.2 Å². The van der Waals surface area contributed by atoms with Crippen LogP contribution < -0.4 is 0 Å². The number of rotatable bonds is 4. The molecule has 0 fully saturated rings. The van der Waals surface area contributed by atoms with Gasteiger partial charge in [0.25, 0.3) is 0 Å². The highest BCUT2D eigenvalue weighted by Crippen LogP contribution is 2.16. The minimum Gasteiger partial charge on any atom is -0.396 e. The number of hydrogen-bond acceptors (Lipinski definition) is 1. The summed E-state index contributed by atoms with van der Waals surface area (Å²) in [6.45, 7) is 4.60. The van der Waals surface area contributed by atoms with Crippen molar-refractivity contribution in [3.05, 3.63) is 35.9 Å². The molecule has 1 atom stereocenters. The van der Waals surface area contributed by atoms with E-state index in [4.69, 9.17) is 5.11 Å². The fourth-order valence-corrected chi connectivity index (χ4v) is 1.43. The molecule has 0 amide bonds. The third-order valence-corrected chi connectivity index (χ3v) is 2.52. The molecular weight excluding hydrogens is 160 g/mol.